The molecule has 4 nitrogen and oxygen atoms in total. The van der Waals surface area contributed by atoms with Crippen LogP contribution >= 0.6 is 0 Å². The number of hydrogen-bond donors (Lipinski definition) is 2. The molecule has 0 heterocycles. The number of nitrogens with one attached hydrogen (secondary N) is 2. The Morgan fingerprint density at radius 1 is 0.958 bits per heavy atom. The van der Waals surface area contributed by atoms with Gasteiger partial charge in [0.1, 0.15) is 11.5 Å². The minimum atomic E-state index is -0.235. The van der Waals surface area contributed by atoms with Crippen molar-refractivity contribution >= 4 is 11.7 Å². The van der Waals surface area contributed by atoms with E-state index in [0.717, 1.165) is 17.2 Å². The average molecular weight is 322 g/mol. The first-order valence-corrected chi connectivity index (χ1v) is 8.37. The van der Waals surface area contributed by atoms with Gasteiger partial charge in [-0.3, -0.25) is 0 Å². The molecular weight excluding hydrogens is 300 g/mol. The summed E-state index contributed by atoms with van der Waals surface area (Å²) >= 11 is 0. The molecule has 0 atom stereocenters. The van der Waals surface area contributed by atoms with Gasteiger partial charge in [-0.1, -0.05) is 37.1 Å². The molecule has 3 rings (SSSR count). The van der Waals surface area contributed by atoms with Crippen LogP contribution in [-0.2, 0) is 0 Å². The van der Waals surface area contributed by atoms with Crippen LogP contribution in [0, 0.1) is 5.92 Å². The first-order valence-electron chi connectivity index (χ1n) is 8.37. The Hall–Kier alpha value is -2.75. The highest BCUT2D eigenvalue weighted by molar-refractivity contribution is 5.89. The van der Waals surface area contributed by atoms with Crippen LogP contribution in [0.15, 0.2) is 66.9 Å². The number of rotatable bonds is 5. The van der Waals surface area contributed by atoms with Crippen molar-refractivity contribution in [3.63, 3.8) is 0 Å². The summed E-state index contributed by atoms with van der Waals surface area (Å²) in [5, 5.41) is 5.55. The third kappa shape index (κ3) is 4.88. The van der Waals surface area contributed by atoms with Gasteiger partial charge in [-0.05, 0) is 55.2 Å². The normalized spacial score (nSPS) is 14.7. The molecule has 0 saturated heterocycles. The highest BCUT2D eigenvalue weighted by atomic mass is 16.5. The maximum atomic E-state index is 11.9. The number of anilines is 1. The van der Waals surface area contributed by atoms with Gasteiger partial charge in [0.15, 0.2) is 0 Å². The van der Waals surface area contributed by atoms with E-state index in [1.165, 1.54) is 25.7 Å². The molecule has 24 heavy (non-hydrogen) atoms. The molecule has 2 amide bonds. The summed E-state index contributed by atoms with van der Waals surface area (Å²) < 4.78 is 5.72. The molecule has 0 spiro atoms. The fraction of sp³-hybridized carbons (Fsp3) is 0.250. The smallest absolute Gasteiger partial charge is 0.323 e. The minimum absolute atomic E-state index is 0.235. The fourth-order valence-corrected chi connectivity index (χ4v) is 2.81. The van der Waals surface area contributed by atoms with Crippen molar-refractivity contribution in [2.45, 2.75) is 25.7 Å². The minimum Gasteiger partial charge on any atom is -0.457 e. The highest BCUT2D eigenvalue weighted by Gasteiger charge is 2.11. The number of hydrogen-bond acceptors (Lipinski definition) is 2. The van der Waals surface area contributed by atoms with E-state index in [0.29, 0.717) is 5.92 Å². The summed E-state index contributed by atoms with van der Waals surface area (Å²) in [7, 11) is 0. The largest absolute Gasteiger partial charge is 0.457 e. The van der Waals surface area contributed by atoms with Gasteiger partial charge in [-0.15, -0.1) is 0 Å². The second kappa shape index (κ2) is 8.20. The lowest BCUT2D eigenvalue weighted by Gasteiger charge is -2.08. The number of ether oxygens (including phenoxy) is 1. The maximum Gasteiger partial charge on any atom is 0.323 e. The van der Waals surface area contributed by atoms with E-state index in [1.54, 1.807) is 6.20 Å². The van der Waals surface area contributed by atoms with Crippen LogP contribution in [0.25, 0.3) is 0 Å². The number of allylic oxidation sites excluding steroid dienone is 1. The van der Waals surface area contributed by atoms with Crippen molar-refractivity contribution in [3.8, 4) is 11.5 Å². The third-order valence-electron chi connectivity index (χ3n) is 4.07. The predicted molar refractivity (Wildman–Crippen MR) is 96.2 cm³/mol. The van der Waals surface area contributed by atoms with Gasteiger partial charge in [0, 0.05) is 11.9 Å². The van der Waals surface area contributed by atoms with E-state index < -0.39 is 0 Å². The van der Waals surface area contributed by atoms with E-state index in [-0.39, 0.29) is 6.03 Å². The van der Waals surface area contributed by atoms with Crippen LogP contribution in [0.3, 0.4) is 0 Å². The van der Waals surface area contributed by atoms with Crippen LogP contribution in [0.5, 0.6) is 11.5 Å². The SMILES string of the molecule is O=C(N/C=C/C1CCCC1)Nc1ccc(Oc2ccccc2)cc1. The standard InChI is InChI=1S/C20H22N2O2/c23-20(21-15-14-16-6-4-5-7-16)22-17-10-12-19(13-11-17)24-18-8-2-1-3-9-18/h1-3,8-16H,4-7H2,(H2,21,22,23)/b15-14+. The van der Waals surface area contributed by atoms with E-state index in [4.69, 9.17) is 4.74 Å². The number of amides is 2. The highest BCUT2D eigenvalue weighted by Crippen LogP contribution is 2.25. The first-order chi connectivity index (χ1) is 11.8. The van der Waals surface area contributed by atoms with Crippen molar-refractivity contribution in [1.29, 1.82) is 0 Å². The Balaban J connectivity index is 1.47. The molecule has 0 unspecified atom stereocenters. The van der Waals surface area contributed by atoms with E-state index >= 15 is 0 Å². The van der Waals surface area contributed by atoms with E-state index in [9.17, 15) is 4.79 Å². The third-order valence-corrected chi connectivity index (χ3v) is 4.07. The lowest BCUT2D eigenvalue weighted by Crippen LogP contribution is -2.23. The van der Waals surface area contributed by atoms with Crippen molar-refractivity contribution in [1.82, 2.24) is 5.32 Å². The molecule has 1 aliphatic rings. The Kier molecular flexibility index (Phi) is 5.51. The Labute approximate surface area is 142 Å². The van der Waals surface area contributed by atoms with E-state index in [2.05, 4.69) is 16.7 Å². The molecule has 1 saturated carbocycles. The molecule has 2 aromatic rings. The lowest BCUT2D eigenvalue weighted by atomic mass is 10.1. The van der Waals surface area contributed by atoms with Crippen molar-refractivity contribution < 1.29 is 9.53 Å². The lowest BCUT2D eigenvalue weighted by molar-refractivity contribution is 0.255. The molecule has 1 aliphatic carbocycles. The number of benzene rings is 2. The van der Waals surface area contributed by atoms with Gasteiger partial charge in [-0.25, -0.2) is 4.79 Å². The Morgan fingerprint density at radius 2 is 1.62 bits per heavy atom. The van der Waals surface area contributed by atoms with Gasteiger partial charge >= 0.3 is 6.03 Å². The van der Waals surface area contributed by atoms with Gasteiger partial charge in [0.05, 0.1) is 0 Å². The van der Waals surface area contributed by atoms with Crippen molar-refractivity contribution in [2.24, 2.45) is 5.92 Å². The van der Waals surface area contributed by atoms with Gasteiger partial charge in [0.2, 0.25) is 0 Å². The number of carbonyl (C=O) groups excluding carboxylic acids is 1. The fourth-order valence-electron chi connectivity index (χ4n) is 2.81. The molecule has 124 valence electrons. The molecule has 0 aliphatic heterocycles. The molecule has 0 aromatic heterocycles. The van der Waals surface area contributed by atoms with Crippen LogP contribution in [0.4, 0.5) is 10.5 Å². The molecular formula is C20H22N2O2. The van der Waals surface area contributed by atoms with Crippen molar-refractivity contribution in [2.75, 3.05) is 5.32 Å². The summed E-state index contributed by atoms with van der Waals surface area (Å²) in [5.41, 5.74) is 0.724. The summed E-state index contributed by atoms with van der Waals surface area (Å²) in [5.74, 6) is 2.13. The molecule has 0 radical (unpaired) electrons. The van der Waals surface area contributed by atoms with Crippen LogP contribution in [-0.4, -0.2) is 6.03 Å². The zero-order chi connectivity index (χ0) is 16.6. The van der Waals surface area contributed by atoms with E-state index in [1.807, 2.05) is 54.6 Å². The van der Waals surface area contributed by atoms with Gasteiger partial charge in [-0.2, -0.15) is 0 Å². The maximum absolute atomic E-state index is 11.9. The zero-order valence-electron chi connectivity index (χ0n) is 13.6. The Bertz CT molecular complexity index is 675. The van der Waals surface area contributed by atoms with Crippen LogP contribution < -0.4 is 15.4 Å². The monoisotopic (exact) mass is 322 g/mol. The summed E-state index contributed by atoms with van der Waals surface area (Å²) in [6.45, 7) is 0. The van der Waals surface area contributed by atoms with Crippen LogP contribution in [0.1, 0.15) is 25.7 Å². The topological polar surface area (TPSA) is 50.4 Å². The summed E-state index contributed by atoms with van der Waals surface area (Å²) in [4.78, 5) is 11.9. The van der Waals surface area contributed by atoms with Crippen molar-refractivity contribution in [3.05, 3.63) is 66.9 Å². The predicted octanol–water partition coefficient (Wildman–Crippen LogP) is 5.30. The Morgan fingerprint density at radius 3 is 2.33 bits per heavy atom. The molecule has 0 bridgehead atoms. The second-order valence-corrected chi connectivity index (χ2v) is 5.94. The number of para-hydroxylation sites is 1. The molecule has 2 aromatic carbocycles. The molecule has 1 fully saturated rings. The average Bonchev–Trinajstić information content (AvgIpc) is 3.11. The first kappa shape index (κ1) is 16.1. The second-order valence-electron chi connectivity index (χ2n) is 5.94. The quantitative estimate of drug-likeness (QED) is 0.784. The summed E-state index contributed by atoms with van der Waals surface area (Å²) in [6, 6.07) is 16.7. The summed E-state index contributed by atoms with van der Waals surface area (Å²) in [6.07, 6.45) is 8.87. The number of urea groups is 1. The molecule has 4 heteroatoms. The number of carbonyl (C=O) groups is 1. The molecule has 2 N–H and O–H groups in total. The zero-order valence-corrected chi connectivity index (χ0v) is 13.6. The van der Waals surface area contributed by atoms with Crippen LogP contribution in [0.2, 0.25) is 0 Å². The van der Waals surface area contributed by atoms with Gasteiger partial charge in [0.25, 0.3) is 0 Å². The van der Waals surface area contributed by atoms with Gasteiger partial charge < -0.3 is 15.4 Å².